The van der Waals surface area contributed by atoms with Crippen molar-refractivity contribution in [1.82, 2.24) is 24.6 Å². The molecule has 1 saturated heterocycles. The van der Waals surface area contributed by atoms with Crippen molar-refractivity contribution >= 4 is 0 Å². The number of nitrogens with zero attached hydrogens (tertiary/aromatic N) is 5. The highest BCUT2D eigenvalue weighted by Crippen LogP contribution is 2.27. The van der Waals surface area contributed by atoms with Gasteiger partial charge in [0.25, 0.3) is 0 Å². The van der Waals surface area contributed by atoms with Crippen LogP contribution in [0.3, 0.4) is 0 Å². The Morgan fingerprint density at radius 1 is 1.27 bits per heavy atom. The van der Waals surface area contributed by atoms with Crippen LogP contribution in [0.1, 0.15) is 48.3 Å². The number of aromatic nitrogens is 4. The monoisotopic (exact) mass is 299 g/mol. The summed E-state index contributed by atoms with van der Waals surface area (Å²) in [5.41, 5.74) is 4.99. The third-order valence-electron chi connectivity index (χ3n) is 4.72. The summed E-state index contributed by atoms with van der Waals surface area (Å²) in [6.07, 6.45) is 7.90. The summed E-state index contributed by atoms with van der Waals surface area (Å²) in [7, 11) is 0. The van der Waals surface area contributed by atoms with Gasteiger partial charge in [-0.15, -0.1) is 0 Å². The molecule has 118 valence electrons. The Morgan fingerprint density at radius 2 is 2.14 bits per heavy atom. The number of aryl methyl sites for hydroxylation is 2. The lowest BCUT2D eigenvalue weighted by Gasteiger charge is -2.32. The van der Waals surface area contributed by atoms with Crippen molar-refractivity contribution in [3.05, 3.63) is 41.2 Å². The molecule has 0 aliphatic carbocycles. The van der Waals surface area contributed by atoms with Crippen LogP contribution in [0.5, 0.6) is 0 Å². The van der Waals surface area contributed by atoms with Gasteiger partial charge in [-0.1, -0.05) is 0 Å². The summed E-state index contributed by atoms with van der Waals surface area (Å²) in [6.45, 7) is 10.6. The van der Waals surface area contributed by atoms with Crippen LogP contribution in [0.4, 0.5) is 0 Å². The minimum Gasteiger partial charge on any atom is -0.298 e. The van der Waals surface area contributed by atoms with Crippen molar-refractivity contribution < 1.29 is 0 Å². The zero-order valence-electron chi connectivity index (χ0n) is 13.8. The Kier molecular flexibility index (Phi) is 4.52. The van der Waals surface area contributed by atoms with Gasteiger partial charge in [0, 0.05) is 55.4 Å². The molecule has 0 radical (unpaired) electrons. The number of rotatable bonds is 4. The average molecular weight is 299 g/mol. The molecule has 1 atom stereocenters. The van der Waals surface area contributed by atoms with Crippen molar-refractivity contribution in [3.8, 4) is 0 Å². The summed E-state index contributed by atoms with van der Waals surface area (Å²) >= 11 is 0. The molecule has 0 N–H and O–H groups in total. The molecule has 0 spiro atoms. The van der Waals surface area contributed by atoms with E-state index in [9.17, 15) is 0 Å². The zero-order valence-corrected chi connectivity index (χ0v) is 13.8. The first-order valence-corrected chi connectivity index (χ1v) is 8.20. The van der Waals surface area contributed by atoms with Crippen molar-refractivity contribution in [2.75, 3.05) is 13.1 Å². The summed E-state index contributed by atoms with van der Waals surface area (Å²) in [5, 5.41) is 4.64. The van der Waals surface area contributed by atoms with Gasteiger partial charge in [0.15, 0.2) is 0 Å². The maximum atomic E-state index is 4.64. The lowest BCUT2D eigenvalue weighted by Crippen LogP contribution is -2.34. The summed E-state index contributed by atoms with van der Waals surface area (Å²) in [6, 6.07) is 0. The van der Waals surface area contributed by atoms with Gasteiger partial charge in [-0.05, 0) is 40.2 Å². The van der Waals surface area contributed by atoms with E-state index in [1.54, 1.807) is 12.4 Å². The molecule has 0 unspecified atom stereocenters. The fourth-order valence-electron chi connectivity index (χ4n) is 3.46. The zero-order chi connectivity index (χ0) is 15.5. The molecule has 0 saturated carbocycles. The minimum atomic E-state index is 0.504. The van der Waals surface area contributed by atoms with E-state index >= 15 is 0 Å². The highest BCUT2D eigenvalue weighted by molar-refractivity contribution is 5.24. The lowest BCUT2D eigenvalue weighted by atomic mass is 9.94. The Labute approximate surface area is 132 Å². The van der Waals surface area contributed by atoms with Crippen LogP contribution in [0.15, 0.2) is 18.6 Å². The van der Waals surface area contributed by atoms with E-state index in [1.165, 1.54) is 29.8 Å². The Hall–Kier alpha value is -1.75. The molecule has 5 nitrogen and oxygen atoms in total. The van der Waals surface area contributed by atoms with Gasteiger partial charge in [0.05, 0.1) is 11.4 Å². The highest BCUT2D eigenvalue weighted by atomic mass is 15.3. The van der Waals surface area contributed by atoms with Gasteiger partial charge in [-0.25, -0.2) is 0 Å². The van der Waals surface area contributed by atoms with Gasteiger partial charge in [-0.2, -0.15) is 5.10 Å². The third kappa shape index (κ3) is 3.04. The molecule has 2 aromatic rings. The third-order valence-corrected chi connectivity index (χ3v) is 4.72. The largest absolute Gasteiger partial charge is 0.298 e. The van der Waals surface area contributed by atoms with E-state index in [-0.39, 0.29) is 0 Å². The molecule has 1 aliphatic rings. The maximum Gasteiger partial charge on any atom is 0.0641 e. The first kappa shape index (κ1) is 15.2. The molecule has 0 aromatic carbocycles. The molecule has 2 aromatic heterocycles. The van der Waals surface area contributed by atoms with Crippen LogP contribution in [0, 0.1) is 13.8 Å². The second-order valence-electron chi connectivity index (χ2n) is 6.17. The normalized spacial score (nSPS) is 19.5. The minimum absolute atomic E-state index is 0.504. The van der Waals surface area contributed by atoms with Crippen molar-refractivity contribution in [2.24, 2.45) is 0 Å². The number of likely N-dealkylation sites (tertiary alicyclic amines) is 1. The van der Waals surface area contributed by atoms with E-state index in [1.807, 2.05) is 6.20 Å². The van der Waals surface area contributed by atoms with Crippen LogP contribution in [0.2, 0.25) is 0 Å². The van der Waals surface area contributed by atoms with Crippen LogP contribution in [0.25, 0.3) is 0 Å². The summed E-state index contributed by atoms with van der Waals surface area (Å²) in [5.74, 6) is 0.504. The van der Waals surface area contributed by atoms with E-state index in [0.717, 1.165) is 31.9 Å². The number of hydrogen-bond donors (Lipinski definition) is 0. The molecular weight excluding hydrogens is 274 g/mol. The van der Waals surface area contributed by atoms with Crippen molar-refractivity contribution in [1.29, 1.82) is 0 Å². The predicted molar refractivity (Wildman–Crippen MR) is 86.7 cm³/mol. The molecule has 1 fully saturated rings. The summed E-state index contributed by atoms with van der Waals surface area (Å²) in [4.78, 5) is 11.2. The van der Waals surface area contributed by atoms with E-state index < -0.39 is 0 Å². The van der Waals surface area contributed by atoms with Gasteiger partial charge in [0.2, 0.25) is 0 Å². The van der Waals surface area contributed by atoms with Gasteiger partial charge < -0.3 is 0 Å². The second kappa shape index (κ2) is 6.57. The molecule has 22 heavy (non-hydrogen) atoms. The smallest absolute Gasteiger partial charge is 0.0641 e. The molecule has 0 amide bonds. The first-order valence-electron chi connectivity index (χ1n) is 8.20. The SMILES string of the molecule is CCn1nc(C)c(CN2CCC[C@H](c3cnccn3)C2)c1C. The molecule has 3 rings (SSSR count). The second-order valence-corrected chi connectivity index (χ2v) is 6.17. The van der Waals surface area contributed by atoms with Crippen molar-refractivity contribution in [2.45, 2.75) is 52.6 Å². The fraction of sp³-hybridized carbons (Fsp3) is 0.588. The van der Waals surface area contributed by atoms with Gasteiger partial charge >= 0.3 is 0 Å². The molecule has 5 heteroatoms. The Morgan fingerprint density at radius 3 is 2.82 bits per heavy atom. The van der Waals surface area contributed by atoms with E-state index in [4.69, 9.17) is 0 Å². The van der Waals surface area contributed by atoms with Gasteiger partial charge in [0.1, 0.15) is 0 Å². The van der Waals surface area contributed by atoms with Crippen LogP contribution in [-0.2, 0) is 13.1 Å². The highest BCUT2D eigenvalue weighted by Gasteiger charge is 2.24. The van der Waals surface area contributed by atoms with Gasteiger partial charge in [-0.3, -0.25) is 19.5 Å². The Bertz CT molecular complexity index is 619. The molecule has 0 bridgehead atoms. The van der Waals surface area contributed by atoms with Crippen molar-refractivity contribution in [3.63, 3.8) is 0 Å². The predicted octanol–water partition coefficient (Wildman–Crippen LogP) is 2.69. The number of hydrogen-bond acceptors (Lipinski definition) is 4. The van der Waals surface area contributed by atoms with Crippen LogP contribution < -0.4 is 0 Å². The van der Waals surface area contributed by atoms with E-state index in [2.05, 4.69) is 45.4 Å². The molecular formula is C17H25N5. The standard InChI is InChI=1S/C17H25N5/c1-4-22-14(3)16(13(2)20-22)12-21-9-5-6-15(11-21)17-10-18-7-8-19-17/h7-8,10,15H,4-6,9,11-12H2,1-3H3/t15-/m0/s1. The lowest BCUT2D eigenvalue weighted by molar-refractivity contribution is 0.197. The fourth-order valence-corrected chi connectivity index (χ4v) is 3.46. The Balaban J connectivity index is 1.72. The quantitative estimate of drug-likeness (QED) is 0.871. The van der Waals surface area contributed by atoms with E-state index in [0.29, 0.717) is 5.92 Å². The summed E-state index contributed by atoms with van der Waals surface area (Å²) < 4.78 is 2.11. The molecule has 1 aliphatic heterocycles. The maximum absolute atomic E-state index is 4.64. The molecule has 3 heterocycles. The van der Waals surface area contributed by atoms with Crippen LogP contribution >= 0.6 is 0 Å². The average Bonchev–Trinajstić information content (AvgIpc) is 2.83. The van der Waals surface area contributed by atoms with Crippen LogP contribution in [-0.4, -0.2) is 37.7 Å². The topological polar surface area (TPSA) is 46.8 Å². The first-order chi connectivity index (χ1) is 10.7. The number of piperidine rings is 1.